The molecule has 0 spiro atoms. The highest BCUT2D eigenvalue weighted by atomic mass is 32.1. The van der Waals surface area contributed by atoms with E-state index in [2.05, 4.69) is 15.2 Å². The molecule has 0 unspecified atom stereocenters. The van der Waals surface area contributed by atoms with Gasteiger partial charge in [0.2, 0.25) is 5.13 Å². The number of nitrogens with zero attached hydrogens (tertiary/aromatic N) is 4. The van der Waals surface area contributed by atoms with Gasteiger partial charge in [-0.1, -0.05) is 17.4 Å². The first kappa shape index (κ1) is 9.85. The fraction of sp³-hybridized carbons (Fsp3) is 0.222. The van der Waals surface area contributed by atoms with E-state index in [0.29, 0.717) is 5.82 Å². The van der Waals surface area contributed by atoms with Gasteiger partial charge in [0.15, 0.2) is 5.01 Å². The Morgan fingerprint density at radius 2 is 2.07 bits per heavy atom. The fourth-order valence-electron chi connectivity index (χ4n) is 1.07. The third-order valence-electron chi connectivity index (χ3n) is 1.79. The Labute approximate surface area is 91.6 Å². The van der Waals surface area contributed by atoms with Crippen LogP contribution in [-0.4, -0.2) is 29.3 Å². The summed E-state index contributed by atoms with van der Waals surface area (Å²) in [5.41, 5.74) is 6.36. The lowest BCUT2D eigenvalue weighted by molar-refractivity contribution is 1.02. The summed E-state index contributed by atoms with van der Waals surface area (Å²) < 4.78 is 0. The van der Waals surface area contributed by atoms with Crippen molar-refractivity contribution in [2.75, 3.05) is 24.7 Å². The van der Waals surface area contributed by atoms with Gasteiger partial charge in [-0.2, -0.15) is 0 Å². The van der Waals surface area contributed by atoms with Crippen molar-refractivity contribution in [2.24, 2.45) is 0 Å². The van der Waals surface area contributed by atoms with Gasteiger partial charge in [-0.3, -0.25) is 0 Å². The number of anilines is 2. The van der Waals surface area contributed by atoms with E-state index < -0.39 is 0 Å². The number of nitrogen functional groups attached to an aromatic ring is 1. The van der Waals surface area contributed by atoms with E-state index in [9.17, 15) is 0 Å². The van der Waals surface area contributed by atoms with Crippen LogP contribution in [0.25, 0.3) is 10.7 Å². The van der Waals surface area contributed by atoms with Gasteiger partial charge in [0.1, 0.15) is 11.5 Å². The number of aromatic nitrogens is 3. The van der Waals surface area contributed by atoms with Gasteiger partial charge in [0.25, 0.3) is 0 Å². The van der Waals surface area contributed by atoms with Crippen molar-refractivity contribution in [3.05, 3.63) is 18.2 Å². The molecule has 0 aromatic carbocycles. The Hall–Kier alpha value is -1.69. The Balaban J connectivity index is 2.37. The third kappa shape index (κ3) is 2.04. The maximum atomic E-state index is 5.60. The monoisotopic (exact) mass is 221 g/mol. The smallest absolute Gasteiger partial charge is 0.208 e. The molecule has 0 atom stereocenters. The van der Waals surface area contributed by atoms with Crippen molar-refractivity contribution in [1.29, 1.82) is 0 Å². The average Bonchev–Trinajstić information content (AvgIpc) is 2.66. The number of nitrogens with two attached hydrogens (primary N) is 1. The highest BCUT2D eigenvalue weighted by molar-refractivity contribution is 7.18. The summed E-state index contributed by atoms with van der Waals surface area (Å²) >= 11 is 1.49. The minimum atomic E-state index is 0.495. The van der Waals surface area contributed by atoms with Crippen molar-refractivity contribution in [3.8, 4) is 10.7 Å². The van der Waals surface area contributed by atoms with Crippen molar-refractivity contribution in [2.45, 2.75) is 0 Å². The molecule has 0 fully saturated rings. The van der Waals surface area contributed by atoms with Crippen LogP contribution in [0.1, 0.15) is 0 Å². The van der Waals surface area contributed by atoms with Crippen LogP contribution in [0.15, 0.2) is 18.2 Å². The molecule has 0 aliphatic carbocycles. The molecule has 0 aliphatic heterocycles. The lowest BCUT2D eigenvalue weighted by Crippen LogP contribution is -2.07. The van der Waals surface area contributed by atoms with Crippen LogP contribution >= 0.6 is 11.3 Å². The largest absolute Gasteiger partial charge is 0.384 e. The standard InChI is InChI=1S/C9H11N5S/c1-14(2)9-13-12-8(15-9)6-4-3-5-7(10)11-6/h3-5H,1-2H3,(H2,10,11). The van der Waals surface area contributed by atoms with Gasteiger partial charge >= 0.3 is 0 Å². The van der Waals surface area contributed by atoms with E-state index >= 15 is 0 Å². The van der Waals surface area contributed by atoms with E-state index in [1.165, 1.54) is 11.3 Å². The predicted octanol–water partition coefficient (Wildman–Crippen LogP) is 1.25. The maximum absolute atomic E-state index is 5.60. The molecule has 2 heterocycles. The predicted molar refractivity (Wildman–Crippen MR) is 61.9 cm³/mol. The highest BCUT2D eigenvalue weighted by Crippen LogP contribution is 2.26. The molecule has 6 heteroatoms. The van der Waals surface area contributed by atoms with Crippen LogP contribution in [0.2, 0.25) is 0 Å². The molecular weight excluding hydrogens is 210 g/mol. The summed E-state index contributed by atoms with van der Waals surface area (Å²) in [5.74, 6) is 0.495. The summed E-state index contributed by atoms with van der Waals surface area (Å²) in [6.45, 7) is 0. The lowest BCUT2D eigenvalue weighted by atomic mass is 10.3. The molecule has 2 rings (SSSR count). The van der Waals surface area contributed by atoms with Crippen LogP contribution in [0.4, 0.5) is 10.9 Å². The second-order valence-corrected chi connectivity index (χ2v) is 4.19. The van der Waals surface area contributed by atoms with E-state index in [-0.39, 0.29) is 0 Å². The molecule has 15 heavy (non-hydrogen) atoms. The van der Waals surface area contributed by atoms with E-state index in [1.807, 2.05) is 31.1 Å². The van der Waals surface area contributed by atoms with Crippen LogP contribution < -0.4 is 10.6 Å². The molecule has 0 amide bonds. The van der Waals surface area contributed by atoms with Crippen LogP contribution in [0, 0.1) is 0 Å². The molecule has 0 saturated heterocycles. The molecule has 2 aromatic heterocycles. The molecule has 0 radical (unpaired) electrons. The summed E-state index contributed by atoms with van der Waals surface area (Å²) in [7, 11) is 3.86. The summed E-state index contributed by atoms with van der Waals surface area (Å²) in [6.07, 6.45) is 0. The summed E-state index contributed by atoms with van der Waals surface area (Å²) in [4.78, 5) is 6.09. The van der Waals surface area contributed by atoms with Crippen LogP contribution in [0.5, 0.6) is 0 Å². The minimum Gasteiger partial charge on any atom is -0.384 e. The van der Waals surface area contributed by atoms with E-state index in [0.717, 1.165) is 15.8 Å². The third-order valence-corrected chi connectivity index (χ3v) is 2.90. The van der Waals surface area contributed by atoms with Crippen molar-refractivity contribution >= 4 is 22.3 Å². The van der Waals surface area contributed by atoms with Gasteiger partial charge in [-0.15, -0.1) is 10.2 Å². The van der Waals surface area contributed by atoms with Gasteiger partial charge in [0.05, 0.1) is 0 Å². The second-order valence-electron chi connectivity index (χ2n) is 3.23. The molecule has 0 bridgehead atoms. The van der Waals surface area contributed by atoms with Crippen LogP contribution in [-0.2, 0) is 0 Å². The Bertz CT molecular complexity index is 465. The molecule has 0 saturated carbocycles. The SMILES string of the molecule is CN(C)c1nnc(-c2cccc(N)n2)s1. The minimum absolute atomic E-state index is 0.495. The van der Waals surface area contributed by atoms with Gasteiger partial charge in [-0.25, -0.2) is 4.98 Å². The van der Waals surface area contributed by atoms with Crippen LogP contribution in [0.3, 0.4) is 0 Å². The Morgan fingerprint density at radius 3 is 2.67 bits per heavy atom. The fourth-order valence-corrected chi connectivity index (χ4v) is 1.81. The van der Waals surface area contributed by atoms with E-state index in [1.54, 1.807) is 6.07 Å². The Kier molecular flexibility index (Phi) is 2.51. The second kappa shape index (κ2) is 3.82. The highest BCUT2D eigenvalue weighted by Gasteiger charge is 2.08. The molecular formula is C9H11N5S. The first-order valence-electron chi connectivity index (χ1n) is 4.40. The molecule has 78 valence electrons. The molecule has 2 N–H and O–H groups in total. The zero-order valence-corrected chi connectivity index (χ0v) is 9.32. The van der Waals surface area contributed by atoms with Crippen molar-refractivity contribution in [3.63, 3.8) is 0 Å². The van der Waals surface area contributed by atoms with Crippen molar-refractivity contribution < 1.29 is 0 Å². The zero-order valence-electron chi connectivity index (χ0n) is 8.51. The molecule has 0 aliphatic rings. The normalized spacial score (nSPS) is 10.3. The summed E-state index contributed by atoms with van der Waals surface area (Å²) in [5, 5.41) is 9.73. The molecule has 5 nitrogen and oxygen atoms in total. The molecule has 2 aromatic rings. The summed E-state index contributed by atoms with van der Waals surface area (Å²) in [6, 6.07) is 5.47. The number of pyridine rings is 1. The van der Waals surface area contributed by atoms with Gasteiger partial charge in [0, 0.05) is 14.1 Å². The van der Waals surface area contributed by atoms with E-state index in [4.69, 9.17) is 5.73 Å². The number of rotatable bonds is 2. The van der Waals surface area contributed by atoms with Gasteiger partial charge < -0.3 is 10.6 Å². The topological polar surface area (TPSA) is 67.9 Å². The van der Waals surface area contributed by atoms with Gasteiger partial charge in [-0.05, 0) is 12.1 Å². The van der Waals surface area contributed by atoms with Crippen molar-refractivity contribution in [1.82, 2.24) is 15.2 Å². The quantitative estimate of drug-likeness (QED) is 0.826. The zero-order chi connectivity index (χ0) is 10.8. The lowest BCUT2D eigenvalue weighted by Gasteiger charge is -2.03. The number of hydrogen-bond donors (Lipinski definition) is 1. The average molecular weight is 221 g/mol. The first-order chi connectivity index (χ1) is 7.16. The number of hydrogen-bond acceptors (Lipinski definition) is 6. The maximum Gasteiger partial charge on any atom is 0.208 e. The first-order valence-corrected chi connectivity index (χ1v) is 5.22. The Morgan fingerprint density at radius 1 is 1.27 bits per heavy atom.